The molecule has 116 valence electrons. The molecule has 23 heavy (non-hydrogen) atoms. The molecule has 0 bridgehead atoms. The van der Waals surface area contributed by atoms with E-state index in [9.17, 15) is 4.39 Å². The van der Waals surface area contributed by atoms with E-state index < -0.39 is 5.82 Å². The molecule has 0 unspecified atom stereocenters. The zero-order valence-electron chi connectivity index (χ0n) is 11.7. The molecule has 1 aromatic heterocycles. The highest BCUT2D eigenvalue weighted by molar-refractivity contribution is 9.10. The second-order valence-corrected chi connectivity index (χ2v) is 6.49. The molecule has 0 spiro atoms. The van der Waals surface area contributed by atoms with Crippen LogP contribution in [0.15, 0.2) is 63.7 Å². The molecule has 0 amide bonds. The Bertz CT molecular complexity index is 807. The highest BCUT2D eigenvalue weighted by Gasteiger charge is 2.08. The van der Waals surface area contributed by atoms with E-state index in [1.165, 1.54) is 0 Å². The van der Waals surface area contributed by atoms with Gasteiger partial charge in [0.05, 0.1) is 6.20 Å². The molecule has 1 heterocycles. The minimum absolute atomic E-state index is 0.113. The number of hydrogen-bond acceptors (Lipinski definition) is 4. The number of nitrogens with zero attached hydrogens (tertiary/aromatic N) is 2. The summed E-state index contributed by atoms with van der Waals surface area (Å²) in [5.41, 5.74) is 1.55. The SMILES string of the molecule is Fc1cnc(Nc2ccc(Br)cc2)nc1Nc1ccc(Br)cc1. The largest absolute Gasteiger partial charge is 0.338 e. The summed E-state index contributed by atoms with van der Waals surface area (Å²) >= 11 is 6.73. The van der Waals surface area contributed by atoms with E-state index in [1.54, 1.807) is 0 Å². The van der Waals surface area contributed by atoms with Crippen molar-refractivity contribution in [2.75, 3.05) is 10.6 Å². The lowest BCUT2D eigenvalue weighted by atomic mass is 10.3. The summed E-state index contributed by atoms with van der Waals surface area (Å²) in [6.07, 6.45) is 1.13. The standard InChI is InChI=1S/C16H11Br2FN4/c17-10-1-5-12(6-2-10)21-15-14(19)9-20-16(23-15)22-13-7-3-11(18)4-8-13/h1-9H,(H2,20,21,22,23). The Balaban J connectivity index is 1.81. The first-order chi connectivity index (χ1) is 11.1. The summed E-state index contributed by atoms with van der Waals surface area (Å²) in [4.78, 5) is 8.13. The normalized spacial score (nSPS) is 10.4. The highest BCUT2D eigenvalue weighted by atomic mass is 79.9. The van der Waals surface area contributed by atoms with Gasteiger partial charge in [0, 0.05) is 20.3 Å². The number of nitrogens with one attached hydrogen (secondary N) is 2. The Labute approximate surface area is 149 Å². The third-order valence-electron chi connectivity index (χ3n) is 2.95. The lowest BCUT2D eigenvalue weighted by Gasteiger charge is -2.09. The number of anilines is 4. The van der Waals surface area contributed by atoms with Crippen molar-refractivity contribution in [1.82, 2.24) is 9.97 Å². The van der Waals surface area contributed by atoms with Crippen LogP contribution < -0.4 is 10.6 Å². The maximum Gasteiger partial charge on any atom is 0.229 e. The maximum atomic E-state index is 13.9. The minimum atomic E-state index is -0.519. The van der Waals surface area contributed by atoms with Crippen molar-refractivity contribution in [3.8, 4) is 0 Å². The van der Waals surface area contributed by atoms with Crippen LogP contribution in [0.4, 0.5) is 27.5 Å². The minimum Gasteiger partial charge on any atom is -0.338 e. The predicted molar refractivity (Wildman–Crippen MR) is 96.8 cm³/mol. The van der Waals surface area contributed by atoms with E-state index >= 15 is 0 Å². The molecule has 0 aliphatic heterocycles. The van der Waals surface area contributed by atoms with Crippen molar-refractivity contribution in [1.29, 1.82) is 0 Å². The molecule has 0 atom stereocenters. The van der Waals surface area contributed by atoms with Crippen molar-refractivity contribution in [3.05, 3.63) is 69.5 Å². The Kier molecular flexibility index (Phi) is 4.88. The van der Waals surface area contributed by atoms with Crippen LogP contribution in [0.5, 0.6) is 0 Å². The summed E-state index contributed by atoms with van der Waals surface area (Å²) in [5.74, 6) is -0.0930. The van der Waals surface area contributed by atoms with Crippen LogP contribution in [0, 0.1) is 5.82 Å². The molecule has 3 rings (SSSR count). The van der Waals surface area contributed by atoms with Crippen LogP contribution in [-0.2, 0) is 0 Å². The third-order valence-corrected chi connectivity index (χ3v) is 4.01. The van der Waals surface area contributed by atoms with E-state index in [4.69, 9.17) is 0 Å². The van der Waals surface area contributed by atoms with Crippen LogP contribution in [0.3, 0.4) is 0 Å². The molecule has 4 nitrogen and oxygen atoms in total. The van der Waals surface area contributed by atoms with Gasteiger partial charge in [0.1, 0.15) is 0 Å². The van der Waals surface area contributed by atoms with Gasteiger partial charge in [0.2, 0.25) is 5.95 Å². The van der Waals surface area contributed by atoms with Gasteiger partial charge in [-0.1, -0.05) is 31.9 Å². The molecular formula is C16H11Br2FN4. The molecule has 7 heteroatoms. The second kappa shape index (κ2) is 7.06. The lowest BCUT2D eigenvalue weighted by molar-refractivity contribution is 0.619. The summed E-state index contributed by atoms with van der Waals surface area (Å²) in [6.45, 7) is 0. The summed E-state index contributed by atoms with van der Waals surface area (Å²) in [6, 6.07) is 14.9. The molecule has 0 saturated heterocycles. The quantitative estimate of drug-likeness (QED) is 0.555. The van der Waals surface area contributed by atoms with Crippen LogP contribution in [0.1, 0.15) is 0 Å². The molecule has 0 aliphatic rings. The smallest absolute Gasteiger partial charge is 0.229 e. The van der Waals surface area contributed by atoms with Gasteiger partial charge < -0.3 is 10.6 Å². The fraction of sp³-hybridized carbons (Fsp3) is 0. The van der Waals surface area contributed by atoms with E-state index in [2.05, 4.69) is 52.5 Å². The molecule has 0 fully saturated rings. The Morgan fingerprint density at radius 3 is 1.87 bits per heavy atom. The third kappa shape index (κ3) is 4.27. The molecule has 2 aromatic carbocycles. The first-order valence-corrected chi connectivity index (χ1v) is 8.26. The first kappa shape index (κ1) is 15.9. The van der Waals surface area contributed by atoms with Gasteiger partial charge in [0.25, 0.3) is 0 Å². The zero-order valence-corrected chi connectivity index (χ0v) is 14.9. The number of benzene rings is 2. The number of aromatic nitrogens is 2. The van der Waals surface area contributed by atoms with Gasteiger partial charge in [-0.05, 0) is 48.5 Å². The van der Waals surface area contributed by atoms with Gasteiger partial charge in [-0.3, -0.25) is 0 Å². The van der Waals surface area contributed by atoms with Crippen molar-refractivity contribution in [2.24, 2.45) is 0 Å². The highest BCUT2D eigenvalue weighted by Crippen LogP contribution is 2.22. The van der Waals surface area contributed by atoms with Crippen molar-refractivity contribution >= 4 is 55.0 Å². The fourth-order valence-electron chi connectivity index (χ4n) is 1.85. The van der Waals surface area contributed by atoms with Gasteiger partial charge in [0.15, 0.2) is 11.6 Å². The summed E-state index contributed by atoms with van der Waals surface area (Å²) in [5, 5.41) is 5.98. The molecule has 0 radical (unpaired) electrons. The Hall–Kier alpha value is -1.99. The van der Waals surface area contributed by atoms with Crippen LogP contribution >= 0.6 is 31.9 Å². The van der Waals surface area contributed by atoms with Crippen LogP contribution in [0.25, 0.3) is 0 Å². The van der Waals surface area contributed by atoms with Gasteiger partial charge in [-0.2, -0.15) is 4.98 Å². The second-order valence-electron chi connectivity index (χ2n) is 4.65. The Morgan fingerprint density at radius 1 is 0.783 bits per heavy atom. The van der Waals surface area contributed by atoms with Gasteiger partial charge in [-0.15, -0.1) is 0 Å². The monoisotopic (exact) mass is 436 g/mol. The van der Waals surface area contributed by atoms with Crippen molar-refractivity contribution in [3.63, 3.8) is 0 Å². The number of rotatable bonds is 4. The predicted octanol–water partition coefficient (Wildman–Crippen LogP) is 5.63. The zero-order chi connectivity index (χ0) is 16.2. The first-order valence-electron chi connectivity index (χ1n) is 6.68. The van der Waals surface area contributed by atoms with Crippen LogP contribution in [-0.4, -0.2) is 9.97 Å². The summed E-state index contributed by atoms with van der Waals surface area (Å²) in [7, 11) is 0. The molecule has 2 N–H and O–H groups in total. The van der Waals surface area contributed by atoms with Crippen LogP contribution in [0.2, 0.25) is 0 Å². The summed E-state index contributed by atoms with van der Waals surface area (Å²) < 4.78 is 15.8. The lowest BCUT2D eigenvalue weighted by Crippen LogP contribution is -2.03. The molecule has 0 aliphatic carbocycles. The van der Waals surface area contributed by atoms with E-state index in [0.29, 0.717) is 5.95 Å². The molecule has 0 saturated carbocycles. The number of halogens is 3. The maximum absolute atomic E-state index is 13.9. The van der Waals surface area contributed by atoms with E-state index in [0.717, 1.165) is 26.5 Å². The van der Waals surface area contributed by atoms with Gasteiger partial charge in [-0.25, -0.2) is 9.37 Å². The Morgan fingerprint density at radius 2 is 1.30 bits per heavy atom. The van der Waals surface area contributed by atoms with Crippen molar-refractivity contribution < 1.29 is 4.39 Å². The van der Waals surface area contributed by atoms with Crippen molar-refractivity contribution in [2.45, 2.75) is 0 Å². The van der Waals surface area contributed by atoms with Gasteiger partial charge >= 0.3 is 0 Å². The fourth-order valence-corrected chi connectivity index (χ4v) is 2.38. The number of hydrogen-bond donors (Lipinski definition) is 2. The average Bonchev–Trinajstić information content (AvgIpc) is 2.55. The van der Waals surface area contributed by atoms with E-state index in [1.807, 2.05) is 48.5 Å². The topological polar surface area (TPSA) is 49.8 Å². The molecular weight excluding hydrogens is 427 g/mol. The van der Waals surface area contributed by atoms with E-state index in [-0.39, 0.29) is 5.82 Å². The molecule has 3 aromatic rings. The average molecular weight is 438 g/mol.